The Hall–Kier alpha value is -4.33. The molecule has 0 aliphatic rings. The SMILES string of the molecule is CCOC(=O)c1ccc(NC(=O)COC(=O)c2cn(-c3ccc(S(N)(=O)=O)cc3)nc2-c2ccc(Br)cc2)cc1. The monoisotopic (exact) mass is 626 g/mol. The maximum absolute atomic E-state index is 13.1. The molecule has 0 saturated heterocycles. The summed E-state index contributed by atoms with van der Waals surface area (Å²) < 4.78 is 35.6. The lowest BCUT2D eigenvalue weighted by Gasteiger charge is -2.08. The Morgan fingerprint density at radius 3 is 2.17 bits per heavy atom. The van der Waals surface area contributed by atoms with Crippen LogP contribution < -0.4 is 10.5 Å². The maximum Gasteiger partial charge on any atom is 0.342 e. The first-order valence-electron chi connectivity index (χ1n) is 11.8. The quantitative estimate of drug-likeness (QED) is 0.264. The first kappa shape index (κ1) is 28.7. The van der Waals surface area contributed by atoms with E-state index in [0.29, 0.717) is 28.2 Å². The Labute approximate surface area is 238 Å². The summed E-state index contributed by atoms with van der Waals surface area (Å²) in [5.74, 6) is -1.86. The molecule has 3 N–H and O–H groups in total. The Morgan fingerprint density at radius 1 is 0.925 bits per heavy atom. The molecule has 206 valence electrons. The third kappa shape index (κ3) is 7.00. The van der Waals surface area contributed by atoms with Gasteiger partial charge < -0.3 is 14.8 Å². The third-order valence-electron chi connectivity index (χ3n) is 5.50. The number of carbonyl (C=O) groups is 3. The molecular weight excluding hydrogens is 604 g/mol. The second-order valence-corrected chi connectivity index (χ2v) is 10.8. The molecule has 0 aliphatic carbocycles. The van der Waals surface area contributed by atoms with E-state index in [-0.39, 0.29) is 17.1 Å². The van der Waals surface area contributed by atoms with Gasteiger partial charge in [-0.25, -0.2) is 27.8 Å². The number of esters is 2. The maximum atomic E-state index is 13.1. The molecule has 1 amide bonds. The number of benzene rings is 3. The van der Waals surface area contributed by atoms with Gasteiger partial charge in [-0.2, -0.15) is 5.10 Å². The number of ether oxygens (including phenoxy) is 2. The van der Waals surface area contributed by atoms with Gasteiger partial charge in [0.15, 0.2) is 6.61 Å². The largest absolute Gasteiger partial charge is 0.462 e. The lowest BCUT2D eigenvalue weighted by molar-refractivity contribution is -0.119. The lowest BCUT2D eigenvalue weighted by Crippen LogP contribution is -2.21. The van der Waals surface area contributed by atoms with Gasteiger partial charge >= 0.3 is 11.9 Å². The van der Waals surface area contributed by atoms with Crippen molar-refractivity contribution in [2.45, 2.75) is 11.8 Å². The number of hydrogen-bond acceptors (Lipinski definition) is 8. The number of nitrogens with zero attached hydrogens (tertiary/aromatic N) is 2. The van der Waals surface area contributed by atoms with Crippen molar-refractivity contribution in [1.82, 2.24) is 9.78 Å². The second kappa shape index (κ2) is 12.2. The summed E-state index contributed by atoms with van der Waals surface area (Å²) in [6, 6.07) is 18.8. The molecule has 40 heavy (non-hydrogen) atoms. The van der Waals surface area contributed by atoms with Crippen molar-refractivity contribution < 1.29 is 32.3 Å². The molecule has 4 aromatic rings. The van der Waals surface area contributed by atoms with Crippen LogP contribution >= 0.6 is 15.9 Å². The molecule has 0 saturated carbocycles. The molecule has 0 atom stereocenters. The van der Waals surface area contributed by atoms with Crippen LogP contribution in [0, 0.1) is 0 Å². The van der Waals surface area contributed by atoms with Crippen molar-refractivity contribution in [3.05, 3.63) is 94.6 Å². The zero-order valence-electron chi connectivity index (χ0n) is 21.0. The lowest BCUT2D eigenvalue weighted by atomic mass is 10.1. The smallest absolute Gasteiger partial charge is 0.342 e. The Bertz CT molecular complexity index is 1650. The predicted molar refractivity (Wildman–Crippen MR) is 149 cm³/mol. The highest BCUT2D eigenvalue weighted by Gasteiger charge is 2.21. The van der Waals surface area contributed by atoms with Gasteiger partial charge in [0.1, 0.15) is 11.3 Å². The van der Waals surface area contributed by atoms with Crippen LogP contribution in [0.3, 0.4) is 0 Å². The van der Waals surface area contributed by atoms with Gasteiger partial charge in [0.05, 0.1) is 22.8 Å². The second-order valence-electron chi connectivity index (χ2n) is 8.30. The van der Waals surface area contributed by atoms with E-state index < -0.39 is 34.5 Å². The summed E-state index contributed by atoms with van der Waals surface area (Å²) in [5, 5.41) is 12.3. The van der Waals surface area contributed by atoms with E-state index in [2.05, 4.69) is 26.3 Å². The van der Waals surface area contributed by atoms with Gasteiger partial charge in [0, 0.05) is 21.9 Å². The fraction of sp³-hybridized carbons (Fsp3) is 0.111. The summed E-state index contributed by atoms with van der Waals surface area (Å²) in [6.45, 7) is 1.37. The highest BCUT2D eigenvalue weighted by Crippen LogP contribution is 2.26. The van der Waals surface area contributed by atoms with Crippen molar-refractivity contribution in [2.24, 2.45) is 5.14 Å². The molecule has 0 unspecified atom stereocenters. The van der Waals surface area contributed by atoms with Crippen molar-refractivity contribution in [3.63, 3.8) is 0 Å². The summed E-state index contributed by atoms with van der Waals surface area (Å²) in [7, 11) is -3.88. The zero-order chi connectivity index (χ0) is 28.9. The number of amides is 1. The molecule has 0 fully saturated rings. The van der Waals surface area contributed by atoms with E-state index in [9.17, 15) is 22.8 Å². The molecule has 0 aliphatic heterocycles. The Morgan fingerprint density at radius 2 is 1.57 bits per heavy atom. The summed E-state index contributed by atoms with van der Waals surface area (Å²) in [6.07, 6.45) is 1.43. The molecule has 0 spiro atoms. The van der Waals surface area contributed by atoms with Gasteiger partial charge in [0.25, 0.3) is 5.91 Å². The van der Waals surface area contributed by atoms with Crippen LogP contribution in [0.15, 0.2) is 88.4 Å². The molecule has 13 heteroatoms. The predicted octanol–water partition coefficient (Wildman–Crippen LogP) is 3.92. The van der Waals surface area contributed by atoms with Gasteiger partial charge in [-0.15, -0.1) is 0 Å². The van der Waals surface area contributed by atoms with E-state index in [1.54, 1.807) is 31.2 Å². The summed E-state index contributed by atoms with van der Waals surface area (Å²) in [5.41, 5.74) is 2.20. The zero-order valence-corrected chi connectivity index (χ0v) is 23.4. The molecule has 1 aromatic heterocycles. The number of carbonyl (C=O) groups excluding carboxylic acids is 3. The minimum Gasteiger partial charge on any atom is -0.462 e. The van der Waals surface area contributed by atoms with E-state index in [4.69, 9.17) is 14.6 Å². The average molecular weight is 627 g/mol. The highest BCUT2D eigenvalue weighted by molar-refractivity contribution is 9.10. The normalized spacial score (nSPS) is 11.1. The topological polar surface area (TPSA) is 160 Å². The number of anilines is 1. The number of rotatable bonds is 9. The fourth-order valence-corrected chi connectivity index (χ4v) is 4.35. The van der Waals surface area contributed by atoms with E-state index >= 15 is 0 Å². The Balaban J connectivity index is 1.51. The number of sulfonamides is 1. The van der Waals surface area contributed by atoms with Crippen molar-refractivity contribution >= 4 is 49.5 Å². The van der Waals surface area contributed by atoms with Gasteiger partial charge in [-0.3, -0.25) is 4.79 Å². The number of aromatic nitrogens is 2. The standard InChI is InChI=1S/C27H23BrN4O7S/c1-2-38-26(34)18-5-9-20(10-6-18)30-24(33)16-39-27(35)23-15-32(21-11-13-22(14-12-21)40(29,36)37)31-25(23)17-3-7-19(28)8-4-17/h3-15H,2,16H2,1H3,(H,30,33)(H2,29,36,37). The minimum absolute atomic E-state index is 0.0716. The van der Waals surface area contributed by atoms with E-state index in [1.165, 1.54) is 59.4 Å². The number of nitrogens with one attached hydrogen (secondary N) is 1. The molecule has 1 heterocycles. The van der Waals surface area contributed by atoms with Gasteiger partial charge in [-0.1, -0.05) is 28.1 Å². The van der Waals surface area contributed by atoms with Gasteiger partial charge in [-0.05, 0) is 67.6 Å². The van der Waals surface area contributed by atoms with E-state index in [0.717, 1.165) is 4.47 Å². The first-order valence-corrected chi connectivity index (χ1v) is 14.1. The number of nitrogens with two attached hydrogens (primary N) is 1. The number of hydrogen-bond donors (Lipinski definition) is 2. The molecule has 0 radical (unpaired) electrons. The average Bonchev–Trinajstić information content (AvgIpc) is 3.38. The van der Waals surface area contributed by atoms with Crippen molar-refractivity contribution in [2.75, 3.05) is 18.5 Å². The minimum atomic E-state index is -3.88. The van der Waals surface area contributed by atoms with Crippen LogP contribution in [0.1, 0.15) is 27.6 Å². The van der Waals surface area contributed by atoms with Gasteiger partial charge in [0.2, 0.25) is 10.0 Å². The molecule has 0 bridgehead atoms. The molecule has 3 aromatic carbocycles. The summed E-state index contributed by atoms with van der Waals surface area (Å²) in [4.78, 5) is 37.2. The van der Waals surface area contributed by atoms with E-state index in [1.807, 2.05) is 0 Å². The first-order chi connectivity index (χ1) is 19.0. The van der Waals surface area contributed by atoms with Crippen LogP contribution in [0.5, 0.6) is 0 Å². The fourth-order valence-electron chi connectivity index (χ4n) is 3.58. The molecule has 11 nitrogen and oxygen atoms in total. The van der Waals surface area contributed by atoms with Crippen LogP contribution in [0.2, 0.25) is 0 Å². The van der Waals surface area contributed by atoms with Crippen molar-refractivity contribution in [3.8, 4) is 16.9 Å². The highest BCUT2D eigenvalue weighted by atomic mass is 79.9. The van der Waals surface area contributed by atoms with Crippen LogP contribution in [0.4, 0.5) is 5.69 Å². The molecule has 4 rings (SSSR count). The Kier molecular flexibility index (Phi) is 8.77. The number of primary sulfonamides is 1. The summed E-state index contributed by atoms with van der Waals surface area (Å²) >= 11 is 3.37. The van der Waals surface area contributed by atoms with Crippen LogP contribution in [-0.4, -0.2) is 49.3 Å². The van der Waals surface area contributed by atoms with Crippen LogP contribution in [0.25, 0.3) is 16.9 Å². The third-order valence-corrected chi connectivity index (χ3v) is 6.95. The van der Waals surface area contributed by atoms with Crippen LogP contribution in [-0.2, 0) is 24.3 Å². The molecular formula is C27H23BrN4O7S. The van der Waals surface area contributed by atoms with Crippen molar-refractivity contribution in [1.29, 1.82) is 0 Å². The number of halogens is 1.